The molecule has 6 heteroatoms. The summed E-state index contributed by atoms with van der Waals surface area (Å²) in [5, 5.41) is 9.51. The summed E-state index contributed by atoms with van der Waals surface area (Å²) in [7, 11) is 1.85. The molecule has 1 saturated heterocycles. The molecule has 1 amide bonds. The van der Waals surface area contributed by atoms with Crippen LogP contribution in [0, 0.1) is 6.92 Å². The molecule has 0 bridgehead atoms. The molecule has 3 rings (SSSR count). The van der Waals surface area contributed by atoms with Gasteiger partial charge < -0.3 is 10.2 Å². The second-order valence-corrected chi connectivity index (χ2v) is 6.19. The summed E-state index contributed by atoms with van der Waals surface area (Å²) >= 11 is 0. The molecule has 1 fully saturated rings. The number of benzene rings is 1. The van der Waals surface area contributed by atoms with E-state index in [1.165, 1.54) is 0 Å². The summed E-state index contributed by atoms with van der Waals surface area (Å²) in [5.41, 5.74) is 3.16. The third kappa shape index (κ3) is 3.32. The lowest BCUT2D eigenvalue weighted by atomic mass is 9.90. The molecule has 1 aliphatic heterocycles. The number of nitrogens with zero attached hydrogens (tertiary/aromatic N) is 2. The van der Waals surface area contributed by atoms with Gasteiger partial charge in [-0.3, -0.25) is 9.59 Å². The summed E-state index contributed by atoms with van der Waals surface area (Å²) in [6.07, 6.45) is 1.60. The normalized spacial score (nSPS) is 15.3. The number of aromatic amines is 1. The second kappa shape index (κ2) is 6.86. The topological polar surface area (TPSA) is 78.1 Å². The van der Waals surface area contributed by atoms with Crippen molar-refractivity contribution in [1.82, 2.24) is 15.1 Å². The Kier molecular flexibility index (Phi) is 4.64. The van der Waals surface area contributed by atoms with E-state index in [4.69, 9.17) is 0 Å². The van der Waals surface area contributed by atoms with Crippen molar-refractivity contribution < 1.29 is 4.79 Å². The highest BCUT2D eigenvalue weighted by Crippen LogP contribution is 2.26. The molecule has 0 unspecified atom stereocenters. The Bertz CT molecular complexity index is 774. The van der Waals surface area contributed by atoms with Crippen LogP contribution < -0.4 is 10.9 Å². The van der Waals surface area contributed by atoms with Crippen LogP contribution in [0.5, 0.6) is 0 Å². The fraction of sp³-hybridized carbons (Fsp3) is 0.389. The van der Waals surface area contributed by atoms with Crippen molar-refractivity contribution >= 4 is 11.6 Å². The van der Waals surface area contributed by atoms with Crippen LogP contribution in [0.2, 0.25) is 0 Å². The number of anilines is 1. The van der Waals surface area contributed by atoms with Crippen LogP contribution in [0.4, 0.5) is 5.69 Å². The number of amides is 1. The van der Waals surface area contributed by atoms with Crippen molar-refractivity contribution in [3.63, 3.8) is 0 Å². The number of aromatic nitrogens is 2. The minimum Gasteiger partial charge on any atom is -0.388 e. The number of nitrogens with one attached hydrogen (secondary N) is 2. The van der Waals surface area contributed by atoms with Crippen molar-refractivity contribution in [2.75, 3.05) is 25.5 Å². The molecule has 2 aromatic rings. The third-order valence-electron chi connectivity index (χ3n) is 4.60. The van der Waals surface area contributed by atoms with Crippen molar-refractivity contribution in [1.29, 1.82) is 0 Å². The van der Waals surface area contributed by atoms with E-state index in [0.717, 1.165) is 29.8 Å². The lowest BCUT2D eigenvalue weighted by Crippen LogP contribution is -2.38. The number of piperidine rings is 1. The number of hydrogen-bond donors (Lipinski definition) is 2. The molecule has 0 aliphatic carbocycles. The first-order valence-corrected chi connectivity index (χ1v) is 8.22. The maximum atomic E-state index is 12.6. The monoisotopic (exact) mass is 326 g/mol. The molecule has 126 valence electrons. The van der Waals surface area contributed by atoms with Crippen molar-refractivity contribution in [2.24, 2.45) is 0 Å². The van der Waals surface area contributed by atoms with Gasteiger partial charge in [0.25, 0.3) is 11.5 Å². The molecule has 0 saturated carbocycles. The van der Waals surface area contributed by atoms with Gasteiger partial charge in [-0.05, 0) is 56.0 Å². The van der Waals surface area contributed by atoms with Gasteiger partial charge in [0.05, 0.1) is 5.69 Å². The Morgan fingerprint density at radius 2 is 1.92 bits per heavy atom. The first-order chi connectivity index (χ1) is 11.6. The van der Waals surface area contributed by atoms with Crippen molar-refractivity contribution in [2.45, 2.75) is 25.7 Å². The highest BCUT2D eigenvalue weighted by Gasteiger charge is 2.26. The van der Waals surface area contributed by atoms with Gasteiger partial charge in [0.1, 0.15) is 0 Å². The van der Waals surface area contributed by atoms with Gasteiger partial charge in [-0.25, -0.2) is 5.10 Å². The predicted octanol–water partition coefficient (Wildman–Crippen LogP) is 2.14. The van der Waals surface area contributed by atoms with E-state index in [9.17, 15) is 9.59 Å². The van der Waals surface area contributed by atoms with Crippen LogP contribution in [0.15, 0.2) is 35.1 Å². The fourth-order valence-corrected chi connectivity index (χ4v) is 3.19. The van der Waals surface area contributed by atoms with Crippen LogP contribution in [0.1, 0.15) is 40.4 Å². The summed E-state index contributed by atoms with van der Waals surface area (Å²) in [6, 6.07) is 9.35. The number of H-pyrrole nitrogens is 1. The zero-order chi connectivity index (χ0) is 17.1. The number of carbonyl (C=O) groups excluding carboxylic acids is 1. The second-order valence-electron chi connectivity index (χ2n) is 6.19. The summed E-state index contributed by atoms with van der Waals surface area (Å²) in [5.74, 6) is 0.238. The minimum atomic E-state index is -0.118. The van der Waals surface area contributed by atoms with Gasteiger partial charge in [0.2, 0.25) is 0 Å². The van der Waals surface area contributed by atoms with Crippen molar-refractivity contribution in [3.05, 3.63) is 57.5 Å². The smallest absolute Gasteiger partial charge is 0.267 e. The van der Waals surface area contributed by atoms with Gasteiger partial charge in [0.15, 0.2) is 0 Å². The number of rotatable bonds is 3. The maximum absolute atomic E-state index is 12.6. The van der Waals surface area contributed by atoms with Crippen LogP contribution in [-0.4, -0.2) is 41.1 Å². The zero-order valence-corrected chi connectivity index (χ0v) is 14.0. The quantitative estimate of drug-likeness (QED) is 0.906. The number of aryl methyl sites for hydroxylation is 1. The van der Waals surface area contributed by atoms with E-state index >= 15 is 0 Å². The number of likely N-dealkylation sites (tertiary alicyclic amines) is 1. The Hall–Kier alpha value is -2.63. The van der Waals surface area contributed by atoms with Crippen LogP contribution in [0.3, 0.4) is 0 Å². The Labute approximate surface area is 140 Å². The van der Waals surface area contributed by atoms with Gasteiger partial charge in [0, 0.05) is 37.0 Å². The Morgan fingerprint density at radius 3 is 2.54 bits per heavy atom. The van der Waals surface area contributed by atoms with E-state index in [2.05, 4.69) is 15.5 Å². The average Bonchev–Trinajstić information content (AvgIpc) is 2.63. The molecule has 0 spiro atoms. The summed E-state index contributed by atoms with van der Waals surface area (Å²) < 4.78 is 0. The molecule has 1 aromatic heterocycles. The predicted molar refractivity (Wildman–Crippen MR) is 93.5 cm³/mol. The minimum absolute atomic E-state index is 0.0518. The molecule has 6 nitrogen and oxygen atoms in total. The van der Waals surface area contributed by atoms with Gasteiger partial charge >= 0.3 is 0 Å². The van der Waals surface area contributed by atoms with E-state index in [1.807, 2.05) is 49.2 Å². The Morgan fingerprint density at radius 1 is 1.25 bits per heavy atom. The first-order valence-electron chi connectivity index (χ1n) is 8.22. The number of carbonyl (C=O) groups is 1. The van der Waals surface area contributed by atoms with Gasteiger partial charge in [-0.15, -0.1) is 0 Å². The van der Waals surface area contributed by atoms with E-state index in [0.29, 0.717) is 18.7 Å². The Balaban J connectivity index is 1.67. The van der Waals surface area contributed by atoms with Crippen LogP contribution >= 0.6 is 0 Å². The van der Waals surface area contributed by atoms with Crippen LogP contribution in [0.25, 0.3) is 0 Å². The van der Waals surface area contributed by atoms with Crippen molar-refractivity contribution in [3.8, 4) is 0 Å². The number of hydrogen-bond acceptors (Lipinski definition) is 4. The molecule has 1 aliphatic rings. The lowest BCUT2D eigenvalue weighted by molar-refractivity contribution is 0.0712. The van der Waals surface area contributed by atoms with E-state index in [1.54, 1.807) is 0 Å². The van der Waals surface area contributed by atoms with Crippen LogP contribution in [-0.2, 0) is 0 Å². The summed E-state index contributed by atoms with van der Waals surface area (Å²) in [4.78, 5) is 26.4. The molecular formula is C18H22N4O2. The molecule has 0 radical (unpaired) electrons. The molecule has 24 heavy (non-hydrogen) atoms. The van der Waals surface area contributed by atoms with E-state index < -0.39 is 0 Å². The molecule has 0 atom stereocenters. The fourth-order valence-electron chi connectivity index (χ4n) is 3.19. The van der Waals surface area contributed by atoms with Gasteiger partial charge in [-0.2, -0.15) is 5.10 Å². The lowest BCUT2D eigenvalue weighted by Gasteiger charge is -2.32. The molecule has 2 N–H and O–H groups in total. The SMILES string of the molecule is CNc1ccc(C(=O)N2CCC(c3cc(C)n[nH]c3=O)CC2)cc1. The third-order valence-corrected chi connectivity index (χ3v) is 4.60. The molecule has 1 aromatic carbocycles. The molecular weight excluding hydrogens is 304 g/mol. The maximum Gasteiger partial charge on any atom is 0.267 e. The standard InChI is InChI=1S/C18H22N4O2/c1-12-11-16(17(23)21-20-12)13-7-9-22(10-8-13)18(24)14-3-5-15(19-2)6-4-14/h3-6,11,13,19H,7-10H2,1-2H3,(H,21,23). The van der Waals surface area contributed by atoms with Gasteiger partial charge in [-0.1, -0.05) is 0 Å². The van der Waals surface area contributed by atoms with E-state index in [-0.39, 0.29) is 17.4 Å². The largest absolute Gasteiger partial charge is 0.388 e. The zero-order valence-electron chi connectivity index (χ0n) is 14.0. The molecule has 2 heterocycles. The summed E-state index contributed by atoms with van der Waals surface area (Å²) in [6.45, 7) is 3.20. The average molecular weight is 326 g/mol. The highest BCUT2D eigenvalue weighted by atomic mass is 16.2. The first kappa shape index (κ1) is 16.2. The highest BCUT2D eigenvalue weighted by molar-refractivity contribution is 5.94.